The molecule has 0 spiro atoms. The van der Waals surface area contributed by atoms with E-state index in [1.165, 1.54) is 11.6 Å². The number of aromatic nitrogens is 2. The average molecular weight is 329 g/mol. The summed E-state index contributed by atoms with van der Waals surface area (Å²) in [4.78, 5) is 47.9. The number of nitrogens with zero attached hydrogens (tertiary/aromatic N) is 2. The normalized spacial score (nSPS) is 15.9. The van der Waals surface area contributed by atoms with Gasteiger partial charge in [0.25, 0.3) is 5.56 Å². The van der Waals surface area contributed by atoms with Crippen LogP contribution in [0.15, 0.2) is 39.9 Å². The van der Waals surface area contributed by atoms with Crippen LogP contribution >= 0.6 is 0 Å². The molecule has 3 rings (SSSR count). The summed E-state index contributed by atoms with van der Waals surface area (Å²) in [6, 6.07) is 9.09. The Bertz CT molecular complexity index is 943. The molecule has 0 fully saturated rings. The Morgan fingerprint density at radius 2 is 1.88 bits per heavy atom. The van der Waals surface area contributed by atoms with Crippen molar-refractivity contribution in [2.24, 2.45) is 7.05 Å². The number of carbonyl (C=O) groups is 2. The molecule has 1 aliphatic heterocycles. The molecule has 24 heavy (non-hydrogen) atoms. The van der Waals surface area contributed by atoms with Crippen molar-refractivity contribution in [3.05, 3.63) is 62.3 Å². The highest BCUT2D eigenvalue weighted by molar-refractivity contribution is 6.03. The molecule has 0 saturated carbocycles. The number of hydrogen-bond acceptors (Lipinski definition) is 4. The summed E-state index contributed by atoms with van der Waals surface area (Å²) in [6.07, 6.45) is -0.502. The number of benzene rings is 1. The summed E-state index contributed by atoms with van der Waals surface area (Å²) in [5.41, 5.74) is -0.375. The molecule has 2 aromatic rings. The first-order valence-corrected chi connectivity index (χ1v) is 7.30. The lowest BCUT2D eigenvalue weighted by atomic mass is 9.99. The Kier molecular flexibility index (Phi) is 3.80. The van der Waals surface area contributed by atoms with E-state index >= 15 is 0 Å². The lowest BCUT2D eigenvalue weighted by Gasteiger charge is -2.13. The topological polar surface area (TPSA) is 110 Å². The zero-order chi connectivity index (χ0) is 17.4. The van der Waals surface area contributed by atoms with Crippen LogP contribution in [-0.2, 0) is 23.2 Å². The standard InChI is InChI=1S/C16H15N3O5/c1-18-15(23)12-10(7-11(20)21)14(22)17-13(12)19(16(18)24)8-9-5-3-2-4-6-9/h2-6,10H,7-8H2,1H3,(H,17,22)(H,20,21)/t10-/m1/s1. The summed E-state index contributed by atoms with van der Waals surface area (Å²) in [6.45, 7) is 0.163. The number of aliphatic carboxylic acids is 1. The highest BCUT2D eigenvalue weighted by Gasteiger charge is 2.38. The Balaban J connectivity index is 2.19. The van der Waals surface area contributed by atoms with Gasteiger partial charge in [-0.3, -0.25) is 23.5 Å². The second-order valence-corrected chi connectivity index (χ2v) is 5.62. The number of hydrogen-bond donors (Lipinski definition) is 2. The molecule has 2 N–H and O–H groups in total. The summed E-state index contributed by atoms with van der Waals surface area (Å²) in [5.74, 6) is -2.79. The molecule has 0 bridgehead atoms. The first kappa shape index (κ1) is 15.7. The minimum absolute atomic E-state index is 0.0282. The molecule has 1 aromatic carbocycles. The Hall–Kier alpha value is -3.16. The molecule has 0 radical (unpaired) electrons. The minimum atomic E-state index is -1.19. The van der Waals surface area contributed by atoms with Crippen molar-refractivity contribution in [3.63, 3.8) is 0 Å². The van der Waals surface area contributed by atoms with Crippen LogP contribution in [0.25, 0.3) is 0 Å². The molecule has 124 valence electrons. The van der Waals surface area contributed by atoms with Crippen LogP contribution in [0.1, 0.15) is 23.5 Å². The van der Waals surface area contributed by atoms with E-state index in [2.05, 4.69) is 5.32 Å². The van der Waals surface area contributed by atoms with E-state index in [0.29, 0.717) is 0 Å². The summed E-state index contributed by atoms with van der Waals surface area (Å²) < 4.78 is 2.18. The van der Waals surface area contributed by atoms with Gasteiger partial charge in [-0.05, 0) is 5.56 Å². The molecule has 8 heteroatoms. The first-order chi connectivity index (χ1) is 11.4. The molecule has 1 amide bonds. The van der Waals surface area contributed by atoms with E-state index in [9.17, 15) is 19.2 Å². The maximum Gasteiger partial charge on any atom is 0.332 e. The van der Waals surface area contributed by atoms with Crippen LogP contribution in [0, 0.1) is 0 Å². The number of carboxylic acid groups (broad SMARTS) is 1. The molecule has 8 nitrogen and oxygen atoms in total. The predicted molar refractivity (Wildman–Crippen MR) is 85.1 cm³/mol. The van der Waals surface area contributed by atoms with Gasteiger partial charge >= 0.3 is 11.7 Å². The Labute approximate surface area is 136 Å². The smallest absolute Gasteiger partial charge is 0.332 e. The molecule has 1 aliphatic rings. The third kappa shape index (κ3) is 2.51. The second kappa shape index (κ2) is 5.80. The molecular formula is C16H15N3O5. The van der Waals surface area contributed by atoms with Gasteiger partial charge in [0.15, 0.2) is 0 Å². The van der Waals surface area contributed by atoms with Crippen LogP contribution in [0.3, 0.4) is 0 Å². The number of anilines is 1. The third-order valence-electron chi connectivity index (χ3n) is 4.05. The lowest BCUT2D eigenvalue weighted by molar-refractivity contribution is -0.138. The third-order valence-corrected chi connectivity index (χ3v) is 4.05. The number of carboxylic acids is 1. The van der Waals surface area contributed by atoms with Crippen LogP contribution in [0.2, 0.25) is 0 Å². The van der Waals surface area contributed by atoms with Gasteiger partial charge in [-0.15, -0.1) is 0 Å². The van der Waals surface area contributed by atoms with Crippen LogP contribution in [0.5, 0.6) is 0 Å². The fourth-order valence-electron chi connectivity index (χ4n) is 2.86. The van der Waals surface area contributed by atoms with E-state index in [1.807, 2.05) is 30.3 Å². The molecule has 1 atom stereocenters. The van der Waals surface area contributed by atoms with Crippen molar-refractivity contribution in [1.29, 1.82) is 0 Å². The number of nitrogens with one attached hydrogen (secondary N) is 1. The van der Waals surface area contributed by atoms with Gasteiger partial charge in [-0.25, -0.2) is 4.79 Å². The highest BCUT2D eigenvalue weighted by atomic mass is 16.4. The zero-order valence-electron chi connectivity index (χ0n) is 12.9. The maximum absolute atomic E-state index is 12.4. The minimum Gasteiger partial charge on any atom is -0.481 e. The summed E-state index contributed by atoms with van der Waals surface area (Å²) in [7, 11) is 1.31. The van der Waals surface area contributed by atoms with Gasteiger partial charge in [0.05, 0.1) is 24.4 Å². The van der Waals surface area contributed by atoms with Crippen molar-refractivity contribution in [1.82, 2.24) is 9.13 Å². The largest absolute Gasteiger partial charge is 0.481 e. The van der Waals surface area contributed by atoms with Crippen molar-refractivity contribution in [2.45, 2.75) is 18.9 Å². The van der Waals surface area contributed by atoms with Gasteiger partial charge < -0.3 is 10.4 Å². The van der Waals surface area contributed by atoms with Crippen molar-refractivity contribution in [3.8, 4) is 0 Å². The number of fused-ring (bicyclic) bond motifs is 1. The summed E-state index contributed by atoms with van der Waals surface area (Å²) >= 11 is 0. The monoisotopic (exact) mass is 329 g/mol. The number of amides is 1. The highest BCUT2D eigenvalue weighted by Crippen LogP contribution is 2.31. The van der Waals surface area contributed by atoms with E-state index in [1.54, 1.807) is 0 Å². The van der Waals surface area contributed by atoms with Crippen molar-refractivity contribution in [2.75, 3.05) is 5.32 Å². The van der Waals surface area contributed by atoms with Crippen molar-refractivity contribution >= 4 is 17.7 Å². The average Bonchev–Trinajstić information content (AvgIpc) is 2.86. The fraction of sp³-hybridized carbons (Fsp3) is 0.250. The van der Waals surface area contributed by atoms with Gasteiger partial charge in [0, 0.05) is 7.05 Å². The predicted octanol–water partition coefficient (Wildman–Crippen LogP) is 0.106. The van der Waals surface area contributed by atoms with Crippen molar-refractivity contribution < 1.29 is 14.7 Å². The van der Waals surface area contributed by atoms with Gasteiger partial charge in [-0.1, -0.05) is 30.3 Å². The van der Waals surface area contributed by atoms with Gasteiger partial charge in [0.1, 0.15) is 5.82 Å². The molecule has 0 aliphatic carbocycles. The fourth-order valence-corrected chi connectivity index (χ4v) is 2.86. The van der Waals surface area contributed by atoms with E-state index < -0.39 is 35.5 Å². The van der Waals surface area contributed by atoms with E-state index in [4.69, 9.17) is 5.11 Å². The Morgan fingerprint density at radius 3 is 2.50 bits per heavy atom. The second-order valence-electron chi connectivity index (χ2n) is 5.62. The van der Waals surface area contributed by atoms with Gasteiger partial charge in [-0.2, -0.15) is 0 Å². The molecule has 0 unspecified atom stereocenters. The van der Waals surface area contributed by atoms with E-state index in [-0.39, 0.29) is 17.9 Å². The number of rotatable bonds is 4. The number of carbonyl (C=O) groups excluding carboxylic acids is 1. The maximum atomic E-state index is 12.4. The molecule has 1 aromatic heterocycles. The Morgan fingerprint density at radius 1 is 1.21 bits per heavy atom. The quantitative estimate of drug-likeness (QED) is 0.827. The molecular weight excluding hydrogens is 314 g/mol. The summed E-state index contributed by atoms with van der Waals surface area (Å²) in [5, 5.41) is 11.5. The van der Waals surface area contributed by atoms with Gasteiger partial charge in [0.2, 0.25) is 5.91 Å². The lowest BCUT2D eigenvalue weighted by Crippen LogP contribution is -2.40. The van der Waals surface area contributed by atoms with Crippen LogP contribution in [-0.4, -0.2) is 26.1 Å². The first-order valence-electron chi connectivity index (χ1n) is 7.30. The SMILES string of the molecule is Cn1c(=O)c2c(n(Cc3ccccc3)c1=O)NC(=O)[C@@H]2CC(=O)O. The molecule has 2 heterocycles. The molecule has 0 saturated heterocycles. The zero-order valence-corrected chi connectivity index (χ0v) is 12.9. The van der Waals surface area contributed by atoms with E-state index in [0.717, 1.165) is 10.1 Å². The van der Waals surface area contributed by atoms with Crippen LogP contribution < -0.4 is 16.6 Å². The van der Waals surface area contributed by atoms with Crippen LogP contribution in [0.4, 0.5) is 5.82 Å².